The van der Waals surface area contributed by atoms with Gasteiger partial charge in [-0.1, -0.05) is 60.7 Å². The van der Waals surface area contributed by atoms with Crippen LogP contribution in [0.4, 0.5) is 0 Å². The van der Waals surface area contributed by atoms with Gasteiger partial charge in [0.05, 0.1) is 10.9 Å². The van der Waals surface area contributed by atoms with E-state index in [2.05, 4.69) is 17.4 Å². The highest BCUT2D eigenvalue weighted by molar-refractivity contribution is 7.90. The second kappa shape index (κ2) is 7.76. The molecular formula is C22H21NO3S. The second-order valence-electron chi connectivity index (χ2n) is 6.48. The molecule has 27 heavy (non-hydrogen) atoms. The third kappa shape index (κ3) is 4.63. The van der Waals surface area contributed by atoms with Crippen molar-refractivity contribution in [3.05, 3.63) is 90.0 Å². The Kier molecular flexibility index (Phi) is 5.42. The van der Waals surface area contributed by atoms with Crippen molar-refractivity contribution in [3.8, 4) is 11.1 Å². The predicted molar refractivity (Wildman–Crippen MR) is 107 cm³/mol. The summed E-state index contributed by atoms with van der Waals surface area (Å²) in [5.74, 6) is -0.305. The van der Waals surface area contributed by atoms with Crippen LogP contribution in [0.3, 0.4) is 0 Å². The number of carbonyl (C=O) groups excluding carboxylic acids is 1. The van der Waals surface area contributed by atoms with Gasteiger partial charge in [0.25, 0.3) is 5.91 Å². The van der Waals surface area contributed by atoms with Crippen molar-refractivity contribution < 1.29 is 13.2 Å². The highest BCUT2D eigenvalue weighted by Crippen LogP contribution is 2.22. The fourth-order valence-electron chi connectivity index (χ4n) is 2.83. The van der Waals surface area contributed by atoms with Gasteiger partial charge in [-0.15, -0.1) is 0 Å². The summed E-state index contributed by atoms with van der Waals surface area (Å²) >= 11 is 0. The first-order valence-corrected chi connectivity index (χ1v) is 10.5. The number of nitrogens with one attached hydrogen (secondary N) is 1. The van der Waals surface area contributed by atoms with Crippen LogP contribution in [0.15, 0.2) is 83.8 Å². The third-order valence-electron chi connectivity index (χ3n) is 4.39. The molecule has 1 N–H and O–H groups in total. The number of amides is 1. The van der Waals surface area contributed by atoms with E-state index in [1.165, 1.54) is 12.1 Å². The van der Waals surface area contributed by atoms with Gasteiger partial charge in [-0.2, -0.15) is 0 Å². The van der Waals surface area contributed by atoms with Crippen LogP contribution < -0.4 is 5.32 Å². The fraction of sp³-hybridized carbons (Fsp3) is 0.136. The normalized spacial score (nSPS) is 12.4. The van der Waals surface area contributed by atoms with Crippen molar-refractivity contribution in [3.63, 3.8) is 0 Å². The quantitative estimate of drug-likeness (QED) is 0.721. The summed E-state index contributed by atoms with van der Waals surface area (Å²) in [6.45, 7) is 1.90. The maximum absolute atomic E-state index is 12.5. The van der Waals surface area contributed by atoms with Crippen LogP contribution >= 0.6 is 0 Å². The molecule has 0 saturated carbocycles. The van der Waals surface area contributed by atoms with Gasteiger partial charge < -0.3 is 5.32 Å². The maximum atomic E-state index is 12.5. The lowest BCUT2D eigenvalue weighted by atomic mass is 10.0. The smallest absolute Gasteiger partial charge is 0.251 e. The van der Waals surface area contributed by atoms with Gasteiger partial charge in [-0.25, -0.2) is 8.42 Å². The van der Waals surface area contributed by atoms with E-state index in [1.54, 1.807) is 12.1 Å². The van der Waals surface area contributed by atoms with Gasteiger partial charge in [0.1, 0.15) is 0 Å². The van der Waals surface area contributed by atoms with Crippen LogP contribution in [0, 0.1) is 0 Å². The van der Waals surface area contributed by atoms with E-state index in [4.69, 9.17) is 0 Å². The molecule has 0 spiro atoms. The Morgan fingerprint density at radius 2 is 1.48 bits per heavy atom. The summed E-state index contributed by atoms with van der Waals surface area (Å²) < 4.78 is 23.3. The van der Waals surface area contributed by atoms with Gasteiger partial charge in [-0.05, 0) is 41.8 Å². The molecule has 138 valence electrons. The standard InChI is InChI=1S/C22H21NO3S/c1-16(17-11-13-19(14-12-17)18-7-4-3-5-8-18)23-22(24)20-9-6-10-21(15-20)27(2,25)26/h3-16H,1-2H3,(H,23,24)/t16-/m1/s1. The Bertz CT molecular complexity index is 1040. The Balaban J connectivity index is 1.73. The summed E-state index contributed by atoms with van der Waals surface area (Å²) in [4.78, 5) is 12.6. The largest absolute Gasteiger partial charge is 0.346 e. The highest BCUT2D eigenvalue weighted by atomic mass is 32.2. The van der Waals surface area contributed by atoms with E-state index in [0.29, 0.717) is 5.56 Å². The zero-order valence-corrected chi connectivity index (χ0v) is 16.0. The second-order valence-corrected chi connectivity index (χ2v) is 8.50. The van der Waals surface area contributed by atoms with Gasteiger partial charge in [0.15, 0.2) is 9.84 Å². The number of sulfone groups is 1. The van der Waals surface area contributed by atoms with Crippen LogP contribution in [0.25, 0.3) is 11.1 Å². The molecule has 5 heteroatoms. The van der Waals surface area contributed by atoms with Crippen LogP contribution in [-0.2, 0) is 9.84 Å². The topological polar surface area (TPSA) is 63.2 Å². The van der Waals surface area contributed by atoms with Crippen molar-refractivity contribution in [2.45, 2.75) is 17.9 Å². The monoisotopic (exact) mass is 379 g/mol. The fourth-order valence-corrected chi connectivity index (χ4v) is 3.49. The van der Waals surface area contributed by atoms with Crippen LogP contribution in [0.1, 0.15) is 28.9 Å². The molecule has 0 fully saturated rings. The lowest BCUT2D eigenvalue weighted by Gasteiger charge is -2.15. The van der Waals surface area contributed by atoms with Crippen molar-refractivity contribution in [2.24, 2.45) is 0 Å². The lowest BCUT2D eigenvalue weighted by molar-refractivity contribution is 0.0939. The molecule has 0 aromatic heterocycles. The van der Waals surface area contributed by atoms with E-state index >= 15 is 0 Å². The Hall–Kier alpha value is -2.92. The highest BCUT2D eigenvalue weighted by Gasteiger charge is 2.14. The predicted octanol–water partition coefficient (Wildman–Crippen LogP) is 4.25. The average Bonchev–Trinajstić information content (AvgIpc) is 2.68. The van der Waals surface area contributed by atoms with Crippen LogP contribution in [0.2, 0.25) is 0 Å². The zero-order valence-electron chi connectivity index (χ0n) is 15.2. The maximum Gasteiger partial charge on any atom is 0.251 e. The van der Waals surface area contributed by atoms with Crippen molar-refractivity contribution in [2.75, 3.05) is 6.26 Å². The first kappa shape index (κ1) is 18.9. The van der Waals surface area contributed by atoms with E-state index in [0.717, 1.165) is 22.9 Å². The summed E-state index contributed by atoms with van der Waals surface area (Å²) in [7, 11) is -3.35. The molecule has 0 aliphatic rings. The van der Waals surface area contributed by atoms with Crippen LogP contribution in [-0.4, -0.2) is 20.6 Å². The molecule has 0 aliphatic carbocycles. The SMILES string of the molecule is C[C@@H](NC(=O)c1cccc(S(C)(=O)=O)c1)c1ccc(-c2ccccc2)cc1. The summed E-state index contributed by atoms with van der Waals surface area (Å²) in [5, 5.41) is 2.92. The molecule has 1 atom stereocenters. The van der Waals surface area contributed by atoms with Crippen molar-refractivity contribution in [1.82, 2.24) is 5.32 Å². The number of benzene rings is 3. The van der Waals surface area contributed by atoms with Gasteiger partial charge >= 0.3 is 0 Å². The summed E-state index contributed by atoms with van der Waals surface area (Å²) in [6, 6.07) is 24.0. The Morgan fingerprint density at radius 1 is 0.852 bits per heavy atom. The number of hydrogen-bond acceptors (Lipinski definition) is 3. The molecule has 0 bridgehead atoms. The van der Waals surface area contributed by atoms with Crippen molar-refractivity contribution in [1.29, 1.82) is 0 Å². The van der Waals surface area contributed by atoms with Gasteiger partial charge in [0, 0.05) is 11.8 Å². The molecule has 0 aliphatic heterocycles. The van der Waals surface area contributed by atoms with E-state index < -0.39 is 9.84 Å². The Morgan fingerprint density at radius 3 is 2.11 bits per heavy atom. The van der Waals surface area contributed by atoms with Gasteiger partial charge in [0.2, 0.25) is 0 Å². The minimum Gasteiger partial charge on any atom is -0.346 e. The first-order valence-electron chi connectivity index (χ1n) is 8.61. The number of rotatable bonds is 5. The number of hydrogen-bond donors (Lipinski definition) is 1. The first-order chi connectivity index (χ1) is 12.8. The Labute approximate surface area is 159 Å². The summed E-state index contributed by atoms with van der Waals surface area (Å²) in [6.07, 6.45) is 1.13. The minimum atomic E-state index is -3.35. The van der Waals surface area contributed by atoms with Gasteiger partial charge in [-0.3, -0.25) is 4.79 Å². The van der Waals surface area contributed by atoms with E-state index in [-0.39, 0.29) is 16.8 Å². The van der Waals surface area contributed by atoms with E-state index in [9.17, 15) is 13.2 Å². The zero-order chi connectivity index (χ0) is 19.4. The molecular weight excluding hydrogens is 358 g/mol. The molecule has 0 saturated heterocycles. The lowest BCUT2D eigenvalue weighted by Crippen LogP contribution is -2.26. The van der Waals surface area contributed by atoms with Crippen LogP contribution in [0.5, 0.6) is 0 Å². The molecule has 0 unspecified atom stereocenters. The van der Waals surface area contributed by atoms with E-state index in [1.807, 2.05) is 49.4 Å². The molecule has 0 heterocycles. The molecule has 3 aromatic rings. The molecule has 4 nitrogen and oxygen atoms in total. The summed E-state index contributed by atoms with van der Waals surface area (Å²) in [5.41, 5.74) is 3.55. The molecule has 3 rings (SSSR count). The molecule has 1 amide bonds. The minimum absolute atomic E-state index is 0.134. The average molecular weight is 379 g/mol. The number of carbonyl (C=O) groups is 1. The molecule has 0 radical (unpaired) electrons. The van der Waals surface area contributed by atoms with Crippen molar-refractivity contribution >= 4 is 15.7 Å². The third-order valence-corrected chi connectivity index (χ3v) is 5.50. The molecule has 3 aromatic carbocycles.